The molecule has 1 atom stereocenters. The summed E-state index contributed by atoms with van der Waals surface area (Å²) in [5.74, 6) is 0.723. The number of benzene rings is 1. The van der Waals surface area contributed by atoms with Crippen molar-refractivity contribution in [3.63, 3.8) is 0 Å². The minimum absolute atomic E-state index is 0.512. The number of halogens is 1. The number of rotatable bonds is 4. The van der Waals surface area contributed by atoms with Gasteiger partial charge in [-0.25, -0.2) is 0 Å². The van der Waals surface area contributed by atoms with Crippen molar-refractivity contribution in [3.05, 3.63) is 23.2 Å². The lowest BCUT2D eigenvalue weighted by Crippen LogP contribution is -2.31. The zero-order chi connectivity index (χ0) is 13.1. The Balaban J connectivity index is 1.98. The maximum Gasteiger partial charge on any atom is 0.139 e. The molecular formula is C14H21ClN2O. The molecule has 1 unspecified atom stereocenters. The van der Waals surface area contributed by atoms with Crippen molar-refractivity contribution in [1.82, 2.24) is 4.90 Å². The maximum atomic E-state index is 6.02. The average Bonchev–Trinajstić information content (AvgIpc) is 2.80. The molecule has 1 aromatic carbocycles. The van der Waals surface area contributed by atoms with Crippen molar-refractivity contribution in [2.24, 2.45) is 0 Å². The van der Waals surface area contributed by atoms with Crippen molar-refractivity contribution in [3.8, 4) is 5.75 Å². The van der Waals surface area contributed by atoms with E-state index in [2.05, 4.69) is 24.1 Å². The monoisotopic (exact) mass is 268 g/mol. The highest BCUT2D eigenvalue weighted by molar-refractivity contribution is 6.32. The van der Waals surface area contributed by atoms with Gasteiger partial charge in [0.2, 0.25) is 0 Å². The Labute approximate surface area is 114 Å². The number of nitrogens with zero attached hydrogens (tertiary/aromatic N) is 1. The van der Waals surface area contributed by atoms with Crippen LogP contribution in [0.1, 0.15) is 20.3 Å². The fourth-order valence-electron chi connectivity index (χ4n) is 2.36. The summed E-state index contributed by atoms with van der Waals surface area (Å²) in [4.78, 5) is 2.49. The highest BCUT2D eigenvalue weighted by Crippen LogP contribution is 2.28. The van der Waals surface area contributed by atoms with E-state index in [1.807, 2.05) is 18.2 Å². The van der Waals surface area contributed by atoms with Crippen LogP contribution in [0.25, 0.3) is 0 Å². The summed E-state index contributed by atoms with van der Waals surface area (Å²) in [6, 6.07) is 6.97. The fourth-order valence-corrected chi connectivity index (χ4v) is 2.55. The third-order valence-corrected chi connectivity index (χ3v) is 3.78. The highest BCUT2D eigenvalue weighted by Gasteiger charge is 2.23. The first-order valence-electron chi connectivity index (χ1n) is 6.44. The van der Waals surface area contributed by atoms with Gasteiger partial charge in [-0.05, 0) is 32.4 Å². The Hall–Kier alpha value is -0.930. The summed E-state index contributed by atoms with van der Waals surface area (Å²) >= 11 is 6.02. The molecule has 0 spiro atoms. The van der Waals surface area contributed by atoms with E-state index in [9.17, 15) is 0 Å². The van der Waals surface area contributed by atoms with Gasteiger partial charge in [0.25, 0.3) is 0 Å². The third-order valence-electron chi connectivity index (χ3n) is 3.47. The number of hydrogen-bond acceptors (Lipinski definition) is 3. The molecule has 1 N–H and O–H groups in total. The van der Waals surface area contributed by atoms with Gasteiger partial charge in [0.1, 0.15) is 5.75 Å². The first-order chi connectivity index (χ1) is 8.60. The zero-order valence-corrected chi connectivity index (χ0v) is 12.0. The van der Waals surface area contributed by atoms with Crippen LogP contribution in [-0.4, -0.2) is 37.2 Å². The molecule has 0 aromatic heterocycles. The number of nitrogens with one attached hydrogen (secondary N) is 1. The Morgan fingerprint density at radius 1 is 1.44 bits per heavy atom. The van der Waals surface area contributed by atoms with Gasteiger partial charge < -0.3 is 10.1 Å². The molecule has 3 nitrogen and oxygen atoms in total. The van der Waals surface area contributed by atoms with Gasteiger partial charge in [-0.15, -0.1) is 0 Å². The molecular weight excluding hydrogens is 248 g/mol. The fraction of sp³-hybridized carbons (Fsp3) is 0.571. The van der Waals surface area contributed by atoms with E-state index in [4.69, 9.17) is 16.3 Å². The summed E-state index contributed by atoms with van der Waals surface area (Å²) in [6.07, 6.45) is 1.18. The molecule has 0 aliphatic carbocycles. The molecule has 100 valence electrons. The van der Waals surface area contributed by atoms with Crippen molar-refractivity contribution in [2.75, 3.05) is 25.5 Å². The van der Waals surface area contributed by atoms with Crippen LogP contribution in [0.2, 0.25) is 5.02 Å². The van der Waals surface area contributed by atoms with Gasteiger partial charge in [0.15, 0.2) is 0 Å². The summed E-state index contributed by atoms with van der Waals surface area (Å²) in [6.45, 7) is 6.75. The summed E-state index contributed by atoms with van der Waals surface area (Å²) in [5, 5.41) is 4.20. The van der Waals surface area contributed by atoms with E-state index >= 15 is 0 Å². The van der Waals surface area contributed by atoms with Crippen molar-refractivity contribution >= 4 is 17.3 Å². The normalized spacial score (nSPS) is 20.4. The van der Waals surface area contributed by atoms with Gasteiger partial charge >= 0.3 is 0 Å². The predicted molar refractivity (Wildman–Crippen MR) is 76.7 cm³/mol. The van der Waals surface area contributed by atoms with E-state index in [-0.39, 0.29) is 0 Å². The lowest BCUT2D eigenvalue weighted by Gasteiger charge is -2.21. The molecule has 0 saturated carbocycles. The smallest absolute Gasteiger partial charge is 0.139 e. The SMILES string of the molecule is COc1cc(NC2CCN(C(C)C)C2)ccc1Cl. The van der Waals surface area contributed by atoms with Crippen LogP contribution in [0, 0.1) is 0 Å². The van der Waals surface area contributed by atoms with E-state index in [0.717, 1.165) is 18.0 Å². The lowest BCUT2D eigenvalue weighted by molar-refractivity contribution is 0.274. The van der Waals surface area contributed by atoms with Crippen LogP contribution in [0.3, 0.4) is 0 Å². The minimum Gasteiger partial charge on any atom is -0.495 e. The second kappa shape index (κ2) is 5.81. The van der Waals surface area contributed by atoms with Crippen molar-refractivity contribution < 1.29 is 4.74 Å². The largest absolute Gasteiger partial charge is 0.495 e. The molecule has 1 aliphatic heterocycles. The van der Waals surface area contributed by atoms with Crippen LogP contribution in [-0.2, 0) is 0 Å². The topological polar surface area (TPSA) is 24.5 Å². The number of anilines is 1. The number of hydrogen-bond donors (Lipinski definition) is 1. The van der Waals surface area contributed by atoms with Crippen LogP contribution in [0.15, 0.2) is 18.2 Å². The minimum atomic E-state index is 0.512. The quantitative estimate of drug-likeness (QED) is 0.907. The second-order valence-electron chi connectivity index (χ2n) is 5.07. The van der Waals surface area contributed by atoms with E-state index in [1.165, 1.54) is 13.0 Å². The standard InChI is InChI=1S/C14H21ClN2O/c1-10(2)17-7-6-12(9-17)16-11-4-5-13(15)14(8-11)18-3/h4-5,8,10,12,16H,6-7,9H2,1-3H3. The highest BCUT2D eigenvalue weighted by atomic mass is 35.5. The Morgan fingerprint density at radius 3 is 2.83 bits per heavy atom. The number of methoxy groups -OCH3 is 1. The Morgan fingerprint density at radius 2 is 2.22 bits per heavy atom. The van der Waals surface area contributed by atoms with Gasteiger partial charge in [-0.3, -0.25) is 4.90 Å². The van der Waals surface area contributed by atoms with E-state index in [0.29, 0.717) is 17.1 Å². The molecule has 18 heavy (non-hydrogen) atoms. The summed E-state index contributed by atoms with van der Waals surface area (Å²) in [7, 11) is 1.64. The molecule has 2 rings (SSSR count). The van der Waals surface area contributed by atoms with Crippen LogP contribution in [0.4, 0.5) is 5.69 Å². The van der Waals surface area contributed by atoms with Crippen LogP contribution >= 0.6 is 11.6 Å². The average molecular weight is 269 g/mol. The van der Waals surface area contributed by atoms with E-state index < -0.39 is 0 Å². The molecule has 1 heterocycles. The molecule has 1 saturated heterocycles. The molecule has 0 bridgehead atoms. The van der Waals surface area contributed by atoms with Gasteiger partial charge in [-0.1, -0.05) is 11.6 Å². The van der Waals surface area contributed by atoms with Gasteiger partial charge in [-0.2, -0.15) is 0 Å². The van der Waals surface area contributed by atoms with Crippen molar-refractivity contribution in [1.29, 1.82) is 0 Å². The van der Waals surface area contributed by atoms with Crippen molar-refractivity contribution in [2.45, 2.75) is 32.4 Å². The second-order valence-corrected chi connectivity index (χ2v) is 5.48. The molecule has 1 fully saturated rings. The zero-order valence-electron chi connectivity index (χ0n) is 11.2. The van der Waals surface area contributed by atoms with Crippen LogP contribution in [0.5, 0.6) is 5.75 Å². The Kier molecular flexibility index (Phi) is 4.36. The molecule has 1 aliphatic rings. The third kappa shape index (κ3) is 3.09. The van der Waals surface area contributed by atoms with Crippen LogP contribution < -0.4 is 10.1 Å². The maximum absolute atomic E-state index is 6.02. The summed E-state index contributed by atoms with van der Waals surface area (Å²) in [5.41, 5.74) is 1.08. The summed E-state index contributed by atoms with van der Waals surface area (Å²) < 4.78 is 5.23. The molecule has 0 amide bonds. The number of ether oxygens (including phenoxy) is 1. The lowest BCUT2D eigenvalue weighted by atomic mass is 10.2. The first kappa shape index (κ1) is 13.5. The molecule has 4 heteroatoms. The molecule has 1 aromatic rings. The number of likely N-dealkylation sites (tertiary alicyclic amines) is 1. The van der Waals surface area contributed by atoms with E-state index in [1.54, 1.807) is 7.11 Å². The van der Waals surface area contributed by atoms with Gasteiger partial charge in [0, 0.05) is 36.9 Å². The Bertz CT molecular complexity index is 409. The van der Waals surface area contributed by atoms with Gasteiger partial charge in [0.05, 0.1) is 12.1 Å². The predicted octanol–water partition coefficient (Wildman–Crippen LogP) is 3.24. The first-order valence-corrected chi connectivity index (χ1v) is 6.82. The molecule has 0 radical (unpaired) electrons.